The average Bonchev–Trinajstić information content (AvgIpc) is 3.39. The lowest BCUT2D eigenvalue weighted by atomic mass is 10.0. The standard InChI is InChI=1S/C25H21P.C15H18.C13H12.C13H14/c1-19-7-9-21(10-8-19)23-13-17-25(18-14-23)26-24-15-11-22(12-16-24)20-5-3-2-4-6-20;1-4-7-14(8-5-2)15-11-9-13(6-3)10-12-15;1-11-7-9-13(10-8-11)12-5-3-2-4-6-12;1-3-5-9-12(4-2)13-10-7-6-8-11-13/h2-18,26H,1H3;4-5,7-12H,1,6H2,2-3H3;2-10H,1H3;3-11H,2H2,1H3/b;8-5-,14-7+;;5-3-,12-9+. The van der Waals surface area contributed by atoms with E-state index in [-0.39, 0.29) is 0 Å². The molecule has 8 rings (SSSR count). The van der Waals surface area contributed by atoms with Crippen molar-refractivity contribution in [1.29, 1.82) is 0 Å². The van der Waals surface area contributed by atoms with Gasteiger partial charge in [-0.2, -0.15) is 0 Å². The van der Waals surface area contributed by atoms with E-state index < -0.39 is 0 Å². The molecular formula is C66H65P. The van der Waals surface area contributed by atoms with Crippen molar-refractivity contribution in [3.63, 3.8) is 0 Å². The largest absolute Gasteiger partial charge is 0.0990 e. The summed E-state index contributed by atoms with van der Waals surface area (Å²) in [6.45, 7) is 17.9. The van der Waals surface area contributed by atoms with Crippen molar-refractivity contribution in [1.82, 2.24) is 0 Å². The zero-order valence-electron chi connectivity index (χ0n) is 39.9. The molecule has 0 nitrogen and oxygen atoms in total. The molecule has 0 aliphatic rings. The number of hydrogen-bond acceptors (Lipinski definition) is 0. The van der Waals surface area contributed by atoms with Crippen molar-refractivity contribution < 1.29 is 0 Å². The molecule has 8 aromatic rings. The van der Waals surface area contributed by atoms with E-state index in [1.807, 2.05) is 74.6 Å². The molecule has 1 heteroatoms. The molecule has 67 heavy (non-hydrogen) atoms. The predicted octanol–water partition coefficient (Wildman–Crippen LogP) is 17.8. The molecule has 0 saturated heterocycles. The smallest absolute Gasteiger partial charge is 0.0184 e. The Morgan fingerprint density at radius 2 is 0.806 bits per heavy atom. The van der Waals surface area contributed by atoms with Gasteiger partial charge in [0.2, 0.25) is 0 Å². The lowest BCUT2D eigenvalue weighted by molar-refractivity contribution is 1.14. The molecule has 0 amide bonds. The molecule has 1 unspecified atom stereocenters. The van der Waals surface area contributed by atoms with Crippen molar-refractivity contribution in [3.05, 3.63) is 302 Å². The first-order valence-corrected chi connectivity index (χ1v) is 24.1. The van der Waals surface area contributed by atoms with Crippen LogP contribution < -0.4 is 10.6 Å². The van der Waals surface area contributed by atoms with E-state index in [2.05, 4.69) is 234 Å². The van der Waals surface area contributed by atoms with E-state index >= 15 is 0 Å². The molecule has 0 fully saturated rings. The lowest BCUT2D eigenvalue weighted by Gasteiger charge is -2.07. The Bertz CT molecular complexity index is 2770. The Kier molecular flexibility index (Phi) is 21.6. The highest BCUT2D eigenvalue weighted by Crippen LogP contribution is 2.23. The van der Waals surface area contributed by atoms with Gasteiger partial charge in [0.25, 0.3) is 0 Å². The number of aryl methyl sites for hydroxylation is 3. The topological polar surface area (TPSA) is 0 Å². The summed E-state index contributed by atoms with van der Waals surface area (Å²) >= 11 is 0. The molecule has 0 heterocycles. The summed E-state index contributed by atoms with van der Waals surface area (Å²) in [5.74, 6) is 0. The molecule has 1 atom stereocenters. The van der Waals surface area contributed by atoms with E-state index in [0.29, 0.717) is 8.58 Å². The zero-order chi connectivity index (χ0) is 47.5. The monoisotopic (exact) mass is 888 g/mol. The van der Waals surface area contributed by atoms with Gasteiger partial charge in [-0.05, 0) is 106 Å². The van der Waals surface area contributed by atoms with Gasteiger partial charge in [0.05, 0.1) is 0 Å². The first kappa shape index (κ1) is 50.6. The quantitative estimate of drug-likeness (QED) is 0.0847. The van der Waals surface area contributed by atoms with Gasteiger partial charge in [-0.15, -0.1) is 0 Å². The van der Waals surface area contributed by atoms with Crippen LogP contribution >= 0.6 is 8.58 Å². The molecule has 0 saturated carbocycles. The van der Waals surface area contributed by atoms with E-state index in [4.69, 9.17) is 0 Å². The van der Waals surface area contributed by atoms with E-state index in [1.54, 1.807) is 0 Å². The lowest BCUT2D eigenvalue weighted by Crippen LogP contribution is -2.02. The molecule has 0 aliphatic carbocycles. The summed E-state index contributed by atoms with van der Waals surface area (Å²) in [6, 6.07) is 75.1. The van der Waals surface area contributed by atoms with Gasteiger partial charge in [0.15, 0.2) is 0 Å². The summed E-state index contributed by atoms with van der Waals surface area (Å²) in [7, 11) is 0.683. The van der Waals surface area contributed by atoms with Gasteiger partial charge in [-0.3, -0.25) is 0 Å². The summed E-state index contributed by atoms with van der Waals surface area (Å²) in [5.41, 5.74) is 16.4. The molecule has 0 aliphatic heterocycles. The van der Waals surface area contributed by atoms with Crippen LogP contribution in [0.3, 0.4) is 0 Å². The highest BCUT2D eigenvalue weighted by atomic mass is 31.1. The van der Waals surface area contributed by atoms with Crippen LogP contribution in [0.1, 0.15) is 48.6 Å². The van der Waals surface area contributed by atoms with Crippen LogP contribution in [0.25, 0.3) is 44.5 Å². The van der Waals surface area contributed by atoms with Crippen LogP contribution in [0.15, 0.2) is 274 Å². The maximum atomic E-state index is 3.79. The molecular weight excluding hydrogens is 824 g/mol. The van der Waals surface area contributed by atoms with Crippen LogP contribution in [0.5, 0.6) is 0 Å². The summed E-state index contributed by atoms with van der Waals surface area (Å²) in [4.78, 5) is 0. The molecule has 334 valence electrons. The van der Waals surface area contributed by atoms with E-state index in [1.165, 1.54) is 77.4 Å². The second kappa shape index (κ2) is 28.5. The third kappa shape index (κ3) is 17.2. The Hall–Kier alpha value is -7.37. The predicted molar refractivity (Wildman–Crippen MR) is 301 cm³/mol. The fourth-order valence-electron chi connectivity index (χ4n) is 7.01. The Balaban J connectivity index is 0.000000177. The van der Waals surface area contributed by atoms with Crippen LogP contribution in [0.4, 0.5) is 0 Å². The van der Waals surface area contributed by atoms with Gasteiger partial charge >= 0.3 is 0 Å². The van der Waals surface area contributed by atoms with Gasteiger partial charge in [-0.25, -0.2) is 0 Å². The van der Waals surface area contributed by atoms with E-state index in [0.717, 1.165) is 12.0 Å². The molecule has 0 radical (unpaired) electrons. The van der Waals surface area contributed by atoms with Gasteiger partial charge in [-0.1, -0.05) is 301 Å². The van der Waals surface area contributed by atoms with Crippen LogP contribution in [-0.4, -0.2) is 0 Å². The Morgan fingerprint density at radius 1 is 0.418 bits per heavy atom. The number of benzene rings is 8. The highest BCUT2D eigenvalue weighted by Gasteiger charge is 2.02. The first-order chi connectivity index (χ1) is 32.8. The second-order valence-corrected chi connectivity index (χ2v) is 17.3. The summed E-state index contributed by atoms with van der Waals surface area (Å²) in [5, 5.41) is 2.74. The van der Waals surface area contributed by atoms with Crippen LogP contribution in [0, 0.1) is 13.8 Å². The number of rotatable bonds is 12. The average molecular weight is 889 g/mol. The Morgan fingerprint density at radius 3 is 1.18 bits per heavy atom. The zero-order valence-corrected chi connectivity index (χ0v) is 40.9. The third-order valence-electron chi connectivity index (χ3n) is 10.8. The molecule has 8 aromatic carbocycles. The van der Waals surface area contributed by atoms with Crippen molar-refractivity contribution in [2.75, 3.05) is 0 Å². The van der Waals surface area contributed by atoms with Gasteiger partial charge in [0.1, 0.15) is 0 Å². The fraction of sp³-hybridized carbons (Fsp3) is 0.0909. The minimum Gasteiger partial charge on any atom is -0.0990 e. The second-order valence-electron chi connectivity index (χ2n) is 15.9. The summed E-state index contributed by atoms with van der Waals surface area (Å²) in [6.07, 6.45) is 17.0. The van der Waals surface area contributed by atoms with Gasteiger partial charge in [0, 0.05) is 0 Å². The minimum absolute atomic E-state index is 0.683. The maximum absolute atomic E-state index is 3.79. The SMILES string of the molecule is C=C/C(=C\C=C/C)c1ccccc1.C=C/C=C(\C=C/C)c1ccc(CC)cc1.Cc1ccc(-c2ccc(Pc3ccc(-c4ccccc4)cc3)cc2)cc1.Cc1ccc(-c2ccccc2)cc1. The van der Waals surface area contributed by atoms with Crippen molar-refractivity contribution in [2.45, 2.75) is 41.0 Å². The van der Waals surface area contributed by atoms with E-state index in [9.17, 15) is 0 Å². The third-order valence-corrected chi connectivity index (χ3v) is 12.1. The fourth-order valence-corrected chi connectivity index (χ4v) is 8.01. The summed E-state index contributed by atoms with van der Waals surface area (Å²) < 4.78 is 0. The Labute approximate surface area is 404 Å². The van der Waals surface area contributed by atoms with Crippen LogP contribution in [-0.2, 0) is 6.42 Å². The highest BCUT2D eigenvalue weighted by molar-refractivity contribution is 7.55. The van der Waals surface area contributed by atoms with Gasteiger partial charge < -0.3 is 0 Å². The van der Waals surface area contributed by atoms with Crippen molar-refractivity contribution >= 4 is 30.3 Å². The number of allylic oxidation sites excluding steroid dienone is 10. The molecule has 0 N–H and O–H groups in total. The van der Waals surface area contributed by atoms with Crippen molar-refractivity contribution in [3.8, 4) is 33.4 Å². The van der Waals surface area contributed by atoms with Crippen molar-refractivity contribution in [2.24, 2.45) is 0 Å². The molecule has 0 spiro atoms. The number of hydrogen-bond donors (Lipinski definition) is 0. The minimum atomic E-state index is 0.683. The maximum Gasteiger partial charge on any atom is -0.0184 e. The molecule has 0 bridgehead atoms. The molecule has 0 aromatic heterocycles. The first-order valence-electron chi connectivity index (χ1n) is 23.1. The van der Waals surface area contributed by atoms with Crippen LogP contribution in [0.2, 0.25) is 0 Å². The normalized spacial score (nSPS) is 11.2.